The molecular weight excluding hydrogens is 252 g/mol. The SMILES string of the molecule is CC(O)c1ccc(Oc2cnc3ccccc3c2)nc1. The first-order valence-electron chi connectivity index (χ1n) is 6.39. The molecule has 100 valence electrons. The highest BCUT2D eigenvalue weighted by Crippen LogP contribution is 2.23. The third kappa shape index (κ3) is 2.60. The molecule has 3 aromatic rings. The Kier molecular flexibility index (Phi) is 3.31. The van der Waals surface area contributed by atoms with Crippen LogP contribution in [0, 0.1) is 0 Å². The van der Waals surface area contributed by atoms with Gasteiger partial charge < -0.3 is 9.84 Å². The van der Waals surface area contributed by atoms with Crippen LogP contribution in [0.1, 0.15) is 18.6 Å². The first kappa shape index (κ1) is 12.6. The van der Waals surface area contributed by atoms with Gasteiger partial charge in [0.15, 0.2) is 0 Å². The molecule has 4 heteroatoms. The van der Waals surface area contributed by atoms with Gasteiger partial charge in [-0.1, -0.05) is 18.2 Å². The lowest BCUT2D eigenvalue weighted by atomic mass is 10.2. The van der Waals surface area contributed by atoms with Crippen molar-refractivity contribution in [1.82, 2.24) is 9.97 Å². The van der Waals surface area contributed by atoms with Gasteiger partial charge in [-0.3, -0.25) is 4.98 Å². The summed E-state index contributed by atoms with van der Waals surface area (Å²) in [5, 5.41) is 10.5. The fraction of sp³-hybridized carbons (Fsp3) is 0.125. The third-order valence-corrected chi connectivity index (χ3v) is 3.03. The number of aromatic nitrogens is 2. The Morgan fingerprint density at radius 2 is 1.90 bits per heavy atom. The Hall–Kier alpha value is -2.46. The van der Waals surface area contributed by atoms with Crippen LogP contribution >= 0.6 is 0 Å². The molecule has 0 amide bonds. The van der Waals surface area contributed by atoms with Crippen LogP contribution < -0.4 is 4.74 Å². The number of hydrogen-bond acceptors (Lipinski definition) is 4. The van der Waals surface area contributed by atoms with E-state index in [0.29, 0.717) is 11.6 Å². The highest BCUT2D eigenvalue weighted by Gasteiger charge is 2.04. The lowest BCUT2D eigenvalue weighted by Gasteiger charge is -2.07. The Morgan fingerprint density at radius 1 is 1.05 bits per heavy atom. The van der Waals surface area contributed by atoms with E-state index in [9.17, 15) is 5.11 Å². The fourth-order valence-electron chi connectivity index (χ4n) is 1.93. The van der Waals surface area contributed by atoms with Gasteiger partial charge in [0.1, 0.15) is 5.75 Å². The zero-order chi connectivity index (χ0) is 13.9. The largest absolute Gasteiger partial charge is 0.437 e. The normalized spacial score (nSPS) is 12.3. The van der Waals surface area contributed by atoms with Gasteiger partial charge in [0, 0.05) is 17.6 Å². The highest BCUT2D eigenvalue weighted by molar-refractivity contribution is 5.79. The van der Waals surface area contributed by atoms with Crippen molar-refractivity contribution in [1.29, 1.82) is 0 Å². The number of aliphatic hydroxyl groups excluding tert-OH is 1. The number of rotatable bonds is 3. The maximum Gasteiger partial charge on any atom is 0.219 e. The minimum atomic E-state index is -0.529. The summed E-state index contributed by atoms with van der Waals surface area (Å²) in [6.07, 6.45) is 2.75. The fourth-order valence-corrected chi connectivity index (χ4v) is 1.93. The second kappa shape index (κ2) is 5.27. The van der Waals surface area contributed by atoms with Crippen molar-refractivity contribution in [2.24, 2.45) is 0 Å². The van der Waals surface area contributed by atoms with E-state index >= 15 is 0 Å². The Bertz CT molecular complexity index is 724. The molecule has 1 N–H and O–H groups in total. The Morgan fingerprint density at radius 3 is 2.65 bits per heavy atom. The Labute approximate surface area is 116 Å². The molecule has 20 heavy (non-hydrogen) atoms. The third-order valence-electron chi connectivity index (χ3n) is 3.03. The number of para-hydroxylation sites is 1. The lowest BCUT2D eigenvalue weighted by Crippen LogP contribution is -1.94. The van der Waals surface area contributed by atoms with Gasteiger partial charge in [0.2, 0.25) is 5.88 Å². The topological polar surface area (TPSA) is 55.2 Å². The molecule has 0 fully saturated rings. The first-order valence-corrected chi connectivity index (χ1v) is 6.39. The van der Waals surface area contributed by atoms with E-state index in [4.69, 9.17) is 4.74 Å². The van der Waals surface area contributed by atoms with E-state index in [1.807, 2.05) is 30.3 Å². The summed E-state index contributed by atoms with van der Waals surface area (Å²) >= 11 is 0. The van der Waals surface area contributed by atoms with Gasteiger partial charge in [-0.15, -0.1) is 0 Å². The molecule has 0 saturated heterocycles. The van der Waals surface area contributed by atoms with Crippen molar-refractivity contribution in [3.63, 3.8) is 0 Å². The zero-order valence-corrected chi connectivity index (χ0v) is 11.0. The first-order chi connectivity index (χ1) is 9.72. The van der Waals surface area contributed by atoms with Crippen molar-refractivity contribution in [2.75, 3.05) is 0 Å². The molecular formula is C16H14N2O2. The summed E-state index contributed by atoms with van der Waals surface area (Å²) in [7, 11) is 0. The van der Waals surface area contributed by atoms with Crippen LogP contribution in [0.4, 0.5) is 0 Å². The summed E-state index contributed by atoms with van der Waals surface area (Å²) in [6.45, 7) is 1.70. The second-order valence-corrected chi connectivity index (χ2v) is 4.57. The molecule has 0 aliphatic rings. The van der Waals surface area contributed by atoms with E-state index in [1.54, 1.807) is 31.5 Å². The quantitative estimate of drug-likeness (QED) is 0.788. The van der Waals surface area contributed by atoms with Crippen molar-refractivity contribution in [2.45, 2.75) is 13.0 Å². The number of nitrogens with zero attached hydrogens (tertiary/aromatic N) is 2. The van der Waals surface area contributed by atoms with Gasteiger partial charge in [0.05, 0.1) is 17.8 Å². The van der Waals surface area contributed by atoms with Crippen LogP contribution in [-0.2, 0) is 0 Å². The molecule has 1 atom stereocenters. The van der Waals surface area contributed by atoms with Crippen LogP contribution in [0.3, 0.4) is 0 Å². The van der Waals surface area contributed by atoms with Crippen LogP contribution in [0.5, 0.6) is 11.6 Å². The van der Waals surface area contributed by atoms with Gasteiger partial charge in [-0.05, 0) is 30.7 Å². The monoisotopic (exact) mass is 266 g/mol. The summed E-state index contributed by atoms with van der Waals surface area (Å²) in [4.78, 5) is 8.50. The second-order valence-electron chi connectivity index (χ2n) is 4.57. The molecule has 2 heterocycles. The van der Waals surface area contributed by atoms with Crippen LogP contribution in [-0.4, -0.2) is 15.1 Å². The minimum absolute atomic E-state index is 0.478. The standard InChI is InChI=1S/C16H14N2O2/c1-11(19)13-6-7-16(18-9-13)20-14-8-12-4-2-3-5-15(12)17-10-14/h2-11,19H,1H3. The van der Waals surface area contributed by atoms with Gasteiger partial charge in [-0.2, -0.15) is 0 Å². The summed E-state index contributed by atoms with van der Waals surface area (Å²) < 4.78 is 5.67. The zero-order valence-electron chi connectivity index (χ0n) is 11.0. The van der Waals surface area contributed by atoms with E-state index in [0.717, 1.165) is 16.5 Å². The number of pyridine rings is 2. The van der Waals surface area contributed by atoms with E-state index < -0.39 is 6.10 Å². The molecule has 2 aromatic heterocycles. The number of benzene rings is 1. The highest BCUT2D eigenvalue weighted by atomic mass is 16.5. The Balaban J connectivity index is 1.85. The van der Waals surface area contributed by atoms with Gasteiger partial charge in [-0.25, -0.2) is 4.98 Å². The number of hydrogen-bond donors (Lipinski definition) is 1. The van der Waals surface area contributed by atoms with Crippen LogP contribution in [0.15, 0.2) is 54.9 Å². The molecule has 1 unspecified atom stereocenters. The molecule has 0 aliphatic heterocycles. The molecule has 0 spiro atoms. The predicted molar refractivity (Wildman–Crippen MR) is 76.7 cm³/mol. The summed E-state index contributed by atoms with van der Waals surface area (Å²) in [5.74, 6) is 1.12. The molecule has 1 aromatic carbocycles. The lowest BCUT2D eigenvalue weighted by molar-refractivity contribution is 0.198. The molecule has 0 aliphatic carbocycles. The number of ether oxygens (including phenoxy) is 1. The van der Waals surface area contributed by atoms with Crippen molar-refractivity contribution in [3.05, 3.63) is 60.4 Å². The van der Waals surface area contributed by atoms with Crippen molar-refractivity contribution in [3.8, 4) is 11.6 Å². The van der Waals surface area contributed by atoms with Crippen LogP contribution in [0.25, 0.3) is 10.9 Å². The summed E-state index contributed by atoms with van der Waals surface area (Å²) in [5.41, 5.74) is 1.69. The maximum absolute atomic E-state index is 9.43. The molecule has 4 nitrogen and oxygen atoms in total. The van der Waals surface area contributed by atoms with Crippen molar-refractivity contribution < 1.29 is 9.84 Å². The number of fused-ring (bicyclic) bond motifs is 1. The van der Waals surface area contributed by atoms with Crippen molar-refractivity contribution >= 4 is 10.9 Å². The minimum Gasteiger partial charge on any atom is -0.437 e. The molecule has 0 bridgehead atoms. The smallest absolute Gasteiger partial charge is 0.219 e. The van der Waals surface area contributed by atoms with E-state index in [-0.39, 0.29) is 0 Å². The predicted octanol–water partition coefficient (Wildman–Crippen LogP) is 3.48. The molecule has 0 radical (unpaired) electrons. The van der Waals surface area contributed by atoms with Crippen LogP contribution in [0.2, 0.25) is 0 Å². The maximum atomic E-state index is 9.43. The van der Waals surface area contributed by atoms with E-state index in [2.05, 4.69) is 9.97 Å². The average molecular weight is 266 g/mol. The average Bonchev–Trinajstić information content (AvgIpc) is 2.48. The van der Waals surface area contributed by atoms with Gasteiger partial charge in [0.25, 0.3) is 0 Å². The summed E-state index contributed by atoms with van der Waals surface area (Å²) in [6, 6.07) is 13.3. The number of aliphatic hydroxyl groups is 1. The van der Waals surface area contributed by atoms with E-state index in [1.165, 1.54) is 0 Å². The molecule has 3 rings (SSSR count). The van der Waals surface area contributed by atoms with Gasteiger partial charge >= 0.3 is 0 Å². The molecule has 0 saturated carbocycles.